The van der Waals surface area contributed by atoms with Gasteiger partial charge in [0.05, 0.1) is 13.2 Å². The summed E-state index contributed by atoms with van der Waals surface area (Å²) in [6, 6.07) is 5.99. The largest absolute Gasteiger partial charge is 0.486 e. The van der Waals surface area contributed by atoms with Gasteiger partial charge in [0.15, 0.2) is 11.5 Å². The normalized spacial score (nSPS) is 27.5. The van der Waals surface area contributed by atoms with Crippen LogP contribution in [0.25, 0.3) is 0 Å². The van der Waals surface area contributed by atoms with Gasteiger partial charge in [-0.05, 0) is 36.5 Å². The van der Waals surface area contributed by atoms with Crippen LogP contribution in [-0.2, 0) is 9.63 Å². The molecular formula is C15H17NO4. The molecule has 1 aromatic carbocycles. The average Bonchev–Trinajstić information content (AvgIpc) is 3.11. The first-order chi connectivity index (χ1) is 9.83. The molecule has 0 bridgehead atoms. The molecule has 0 N–H and O–H groups in total. The molecule has 2 fully saturated rings. The van der Waals surface area contributed by atoms with E-state index in [1.165, 1.54) is 5.06 Å². The quantitative estimate of drug-likeness (QED) is 0.824. The van der Waals surface area contributed by atoms with Gasteiger partial charge >= 0.3 is 0 Å². The zero-order chi connectivity index (χ0) is 13.5. The smallest absolute Gasteiger partial charge is 0.249 e. The highest BCUT2D eigenvalue weighted by molar-refractivity contribution is 5.82. The maximum Gasteiger partial charge on any atom is 0.249 e. The molecule has 0 unspecified atom stereocenters. The number of hydrogen-bond donors (Lipinski definition) is 0. The Morgan fingerprint density at radius 2 is 2.00 bits per heavy atom. The van der Waals surface area contributed by atoms with Gasteiger partial charge in [0.1, 0.15) is 13.2 Å². The first-order valence-electron chi connectivity index (χ1n) is 7.17. The van der Waals surface area contributed by atoms with Gasteiger partial charge in [0, 0.05) is 5.92 Å². The van der Waals surface area contributed by atoms with E-state index < -0.39 is 0 Å². The van der Waals surface area contributed by atoms with E-state index in [-0.39, 0.29) is 11.8 Å². The van der Waals surface area contributed by atoms with Gasteiger partial charge < -0.3 is 9.47 Å². The SMILES string of the molecule is O=C([C@@H]1C[C@@H]1c1ccc2c(c1)OCCO2)N1CCCO1. The maximum atomic E-state index is 12.2. The lowest BCUT2D eigenvalue weighted by atomic mass is 10.1. The molecule has 1 amide bonds. The molecule has 1 saturated heterocycles. The van der Waals surface area contributed by atoms with Crippen LogP contribution in [0.5, 0.6) is 11.5 Å². The van der Waals surface area contributed by atoms with Crippen LogP contribution in [0.1, 0.15) is 24.3 Å². The van der Waals surface area contributed by atoms with Gasteiger partial charge in [-0.1, -0.05) is 6.07 Å². The van der Waals surface area contributed by atoms with Crippen molar-refractivity contribution in [2.75, 3.05) is 26.4 Å². The van der Waals surface area contributed by atoms with Crippen molar-refractivity contribution in [3.8, 4) is 11.5 Å². The third-order valence-corrected chi connectivity index (χ3v) is 4.10. The van der Waals surface area contributed by atoms with Crippen molar-refractivity contribution < 1.29 is 19.1 Å². The standard InChI is InChI=1S/C15H17NO4/c17-15(16-4-1-5-20-16)12-9-11(12)10-2-3-13-14(8-10)19-7-6-18-13/h2-3,8,11-12H,1,4-7,9H2/t11-,12-/m1/s1. The Morgan fingerprint density at radius 3 is 2.80 bits per heavy atom. The Balaban J connectivity index is 1.48. The first-order valence-corrected chi connectivity index (χ1v) is 7.17. The summed E-state index contributed by atoms with van der Waals surface area (Å²) < 4.78 is 11.1. The van der Waals surface area contributed by atoms with E-state index >= 15 is 0 Å². The minimum absolute atomic E-state index is 0.0654. The number of rotatable bonds is 2. The van der Waals surface area contributed by atoms with E-state index in [0.717, 1.165) is 36.4 Å². The lowest BCUT2D eigenvalue weighted by Crippen LogP contribution is -2.28. The highest BCUT2D eigenvalue weighted by atomic mass is 16.7. The van der Waals surface area contributed by atoms with Crippen molar-refractivity contribution in [1.29, 1.82) is 0 Å². The average molecular weight is 275 g/mol. The molecule has 20 heavy (non-hydrogen) atoms. The van der Waals surface area contributed by atoms with Crippen molar-refractivity contribution in [3.63, 3.8) is 0 Å². The summed E-state index contributed by atoms with van der Waals surface area (Å²) in [5, 5.41) is 1.53. The van der Waals surface area contributed by atoms with Crippen molar-refractivity contribution in [2.24, 2.45) is 5.92 Å². The summed E-state index contributed by atoms with van der Waals surface area (Å²) in [6.45, 7) is 2.57. The van der Waals surface area contributed by atoms with Gasteiger partial charge in [-0.25, -0.2) is 5.06 Å². The Bertz CT molecular complexity index is 539. The van der Waals surface area contributed by atoms with Gasteiger partial charge in [0.2, 0.25) is 5.91 Å². The van der Waals surface area contributed by atoms with Crippen molar-refractivity contribution in [2.45, 2.75) is 18.8 Å². The predicted octanol–water partition coefficient (Wildman–Crippen LogP) is 1.73. The van der Waals surface area contributed by atoms with E-state index in [0.29, 0.717) is 25.7 Å². The minimum Gasteiger partial charge on any atom is -0.486 e. The fourth-order valence-electron chi connectivity index (χ4n) is 2.93. The molecular weight excluding hydrogens is 258 g/mol. The summed E-state index contributed by atoms with van der Waals surface area (Å²) in [7, 11) is 0. The van der Waals surface area contributed by atoms with Crippen molar-refractivity contribution in [3.05, 3.63) is 23.8 Å². The Labute approximate surface area is 117 Å². The van der Waals surface area contributed by atoms with Crippen LogP contribution < -0.4 is 9.47 Å². The molecule has 2 atom stereocenters. The van der Waals surface area contributed by atoms with Crippen LogP contribution in [0.15, 0.2) is 18.2 Å². The summed E-state index contributed by atoms with van der Waals surface area (Å²) in [5.74, 6) is 2.08. The second kappa shape index (κ2) is 4.66. The number of carbonyl (C=O) groups excluding carboxylic acids is 1. The highest BCUT2D eigenvalue weighted by Gasteiger charge is 2.47. The number of fused-ring (bicyclic) bond motifs is 1. The monoisotopic (exact) mass is 275 g/mol. The first kappa shape index (κ1) is 12.0. The van der Waals surface area contributed by atoms with E-state index in [9.17, 15) is 4.79 Å². The van der Waals surface area contributed by atoms with Crippen molar-refractivity contribution >= 4 is 5.91 Å². The van der Waals surface area contributed by atoms with Crippen LogP contribution in [0.2, 0.25) is 0 Å². The Morgan fingerprint density at radius 1 is 1.15 bits per heavy atom. The molecule has 1 aliphatic carbocycles. The Kier molecular flexibility index (Phi) is 2.80. The molecule has 2 heterocycles. The third-order valence-electron chi connectivity index (χ3n) is 4.10. The number of nitrogens with zero attached hydrogens (tertiary/aromatic N) is 1. The second-order valence-electron chi connectivity index (χ2n) is 5.48. The number of hydrogen-bond acceptors (Lipinski definition) is 4. The van der Waals surface area contributed by atoms with E-state index in [1.807, 2.05) is 18.2 Å². The lowest BCUT2D eigenvalue weighted by Gasteiger charge is -2.19. The van der Waals surface area contributed by atoms with Crippen LogP contribution in [0, 0.1) is 5.92 Å². The topological polar surface area (TPSA) is 48.0 Å². The lowest BCUT2D eigenvalue weighted by molar-refractivity contribution is -0.170. The fraction of sp³-hybridized carbons (Fsp3) is 0.533. The molecule has 0 radical (unpaired) electrons. The molecule has 0 aromatic heterocycles. The number of ether oxygens (including phenoxy) is 2. The van der Waals surface area contributed by atoms with Crippen LogP contribution in [0.3, 0.4) is 0 Å². The molecule has 1 aromatic rings. The maximum absolute atomic E-state index is 12.2. The van der Waals surface area contributed by atoms with Gasteiger partial charge in [-0.2, -0.15) is 0 Å². The molecule has 5 heteroatoms. The van der Waals surface area contributed by atoms with Gasteiger partial charge in [-0.3, -0.25) is 9.63 Å². The molecule has 1 saturated carbocycles. The molecule has 4 rings (SSSR count). The number of benzene rings is 1. The summed E-state index contributed by atoms with van der Waals surface area (Å²) >= 11 is 0. The van der Waals surface area contributed by atoms with E-state index in [4.69, 9.17) is 14.3 Å². The summed E-state index contributed by atoms with van der Waals surface area (Å²) in [5.41, 5.74) is 1.16. The van der Waals surface area contributed by atoms with Crippen LogP contribution >= 0.6 is 0 Å². The highest BCUT2D eigenvalue weighted by Crippen LogP contribution is 2.50. The molecule has 106 valence electrons. The zero-order valence-corrected chi connectivity index (χ0v) is 11.2. The Hall–Kier alpha value is -1.75. The van der Waals surface area contributed by atoms with Gasteiger partial charge in [-0.15, -0.1) is 0 Å². The van der Waals surface area contributed by atoms with Crippen LogP contribution in [0.4, 0.5) is 0 Å². The van der Waals surface area contributed by atoms with Crippen molar-refractivity contribution in [1.82, 2.24) is 5.06 Å². The van der Waals surface area contributed by atoms with E-state index in [1.54, 1.807) is 0 Å². The number of carbonyl (C=O) groups is 1. The van der Waals surface area contributed by atoms with Crippen LogP contribution in [-0.4, -0.2) is 37.3 Å². The number of hydroxylamine groups is 2. The summed E-state index contributed by atoms with van der Waals surface area (Å²) in [4.78, 5) is 17.6. The zero-order valence-electron chi connectivity index (χ0n) is 11.2. The number of amides is 1. The molecule has 5 nitrogen and oxygen atoms in total. The molecule has 3 aliphatic rings. The molecule has 2 aliphatic heterocycles. The van der Waals surface area contributed by atoms with Gasteiger partial charge in [0.25, 0.3) is 0 Å². The third kappa shape index (κ3) is 2.02. The minimum atomic E-state index is 0.0654. The second-order valence-corrected chi connectivity index (χ2v) is 5.48. The molecule has 0 spiro atoms. The summed E-state index contributed by atoms with van der Waals surface area (Å²) in [6.07, 6.45) is 1.84. The van der Waals surface area contributed by atoms with E-state index in [2.05, 4.69) is 0 Å². The predicted molar refractivity (Wildman–Crippen MR) is 70.6 cm³/mol. The fourth-order valence-corrected chi connectivity index (χ4v) is 2.93.